The van der Waals surface area contributed by atoms with Gasteiger partial charge in [-0.2, -0.15) is 13.2 Å². The first-order valence-electron chi connectivity index (χ1n) is 11.7. The molecule has 0 N–H and O–H groups in total. The molecule has 0 aliphatic carbocycles. The molecule has 4 aromatic carbocycles. The van der Waals surface area contributed by atoms with Gasteiger partial charge in [-0.25, -0.2) is 4.79 Å². The summed E-state index contributed by atoms with van der Waals surface area (Å²) in [5, 5.41) is 0.434. The Balaban J connectivity index is 1.72. The third-order valence-electron chi connectivity index (χ3n) is 6.29. The topological polar surface area (TPSA) is 39.2 Å². The van der Waals surface area contributed by atoms with Crippen LogP contribution in [0.5, 0.6) is 0 Å². The number of aromatic nitrogens is 1. The number of pyridine rings is 1. The summed E-state index contributed by atoms with van der Waals surface area (Å²) in [5.41, 5.74) is 4.50. The van der Waals surface area contributed by atoms with E-state index in [4.69, 9.17) is 4.74 Å². The average molecular weight is 498 g/mol. The van der Waals surface area contributed by atoms with Gasteiger partial charge in [0, 0.05) is 11.6 Å². The molecule has 0 saturated heterocycles. The third kappa shape index (κ3) is 4.96. The maximum Gasteiger partial charge on any atom is 0.418 e. The zero-order valence-corrected chi connectivity index (χ0v) is 19.9. The molecule has 0 aliphatic rings. The van der Waals surface area contributed by atoms with Crippen molar-refractivity contribution < 1.29 is 22.7 Å². The van der Waals surface area contributed by atoms with Crippen molar-refractivity contribution in [2.24, 2.45) is 0 Å². The van der Waals surface area contributed by atoms with Crippen LogP contribution in [0.15, 0.2) is 103 Å². The molecule has 0 spiro atoms. The highest BCUT2D eigenvalue weighted by molar-refractivity contribution is 5.98. The van der Waals surface area contributed by atoms with Crippen molar-refractivity contribution in [1.29, 1.82) is 0 Å². The first-order valence-corrected chi connectivity index (χ1v) is 11.7. The first-order chi connectivity index (χ1) is 17.8. The predicted molar refractivity (Wildman–Crippen MR) is 138 cm³/mol. The molecule has 0 fully saturated rings. The summed E-state index contributed by atoms with van der Waals surface area (Å²) in [6, 6.07) is 28.6. The van der Waals surface area contributed by atoms with E-state index in [0.29, 0.717) is 22.9 Å². The number of rotatable bonds is 5. The van der Waals surface area contributed by atoms with E-state index in [2.05, 4.69) is 4.98 Å². The van der Waals surface area contributed by atoms with Gasteiger partial charge in [-0.15, -0.1) is 0 Å². The molecule has 3 nitrogen and oxygen atoms in total. The molecule has 5 rings (SSSR count). The molecule has 0 radical (unpaired) electrons. The van der Waals surface area contributed by atoms with Crippen molar-refractivity contribution in [1.82, 2.24) is 4.98 Å². The largest absolute Gasteiger partial charge is 0.465 e. The molecule has 37 heavy (non-hydrogen) atoms. The first kappa shape index (κ1) is 24.3. The van der Waals surface area contributed by atoms with Crippen LogP contribution in [-0.2, 0) is 17.3 Å². The normalized spacial score (nSPS) is 11.5. The molecule has 0 atom stereocenters. The Labute approximate surface area is 212 Å². The molecule has 1 heterocycles. The average Bonchev–Trinajstić information content (AvgIpc) is 2.92. The van der Waals surface area contributed by atoms with Crippen LogP contribution in [0.2, 0.25) is 0 Å². The predicted octanol–water partition coefficient (Wildman–Crippen LogP) is 7.97. The maximum absolute atomic E-state index is 13.8. The minimum atomic E-state index is -4.53. The number of fused-ring (bicyclic) bond motifs is 1. The number of nitrogens with zero attached hydrogens (tertiary/aromatic N) is 1. The van der Waals surface area contributed by atoms with Crippen LogP contribution < -0.4 is 0 Å². The third-order valence-corrected chi connectivity index (χ3v) is 6.29. The highest BCUT2D eigenvalue weighted by atomic mass is 19.4. The number of hydrogen-bond acceptors (Lipinski definition) is 3. The van der Waals surface area contributed by atoms with Crippen LogP contribution in [-0.4, -0.2) is 18.1 Å². The van der Waals surface area contributed by atoms with Gasteiger partial charge in [0.05, 0.1) is 23.8 Å². The molecular weight excluding hydrogens is 475 g/mol. The van der Waals surface area contributed by atoms with Gasteiger partial charge in [0.2, 0.25) is 0 Å². The molecule has 0 unspecified atom stereocenters. The zero-order chi connectivity index (χ0) is 26.0. The molecule has 0 bridgehead atoms. The van der Waals surface area contributed by atoms with E-state index in [1.54, 1.807) is 30.5 Å². The van der Waals surface area contributed by atoms with Gasteiger partial charge < -0.3 is 4.74 Å². The van der Waals surface area contributed by atoms with E-state index in [0.717, 1.165) is 33.9 Å². The van der Waals surface area contributed by atoms with Gasteiger partial charge in [-0.3, -0.25) is 4.98 Å². The van der Waals surface area contributed by atoms with Crippen LogP contribution in [0.4, 0.5) is 13.2 Å². The molecule has 5 aromatic rings. The number of esters is 1. The van der Waals surface area contributed by atoms with Crippen molar-refractivity contribution in [2.75, 3.05) is 7.11 Å². The lowest BCUT2D eigenvalue weighted by Crippen LogP contribution is -2.07. The quantitative estimate of drug-likeness (QED) is 0.231. The fraction of sp³-hybridized carbons (Fsp3) is 0.0968. The smallest absolute Gasteiger partial charge is 0.418 e. The Bertz CT molecular complexity index is 1590. The molecule has 1 aromatic heterocycles. The second-order valence-electron chi connectivity index (χ2n) is 8.67. The molecule has 184 valence electrons. The van der Waals surface area contributed by atoms with Crippen LogP contribution >= 0.6 is 0 Å². The fourth-order valence-corrected chi connectivity index (χ4v) is 4.58. The highest BCUT2D eigenvalue weighted by Crippen LogP contribution is 2.39. The van der Waals surface area contributed by atoms with E-state index >= 15 is 0 Å². The Hall–Kier alpha value is -4.45. The van der Waals surface area contributed by atoms with E-state index in [1.807, 2.05) is 60.7 Å². The van der Waals surface area contributed by atoms with Crippen molar-refractivity contribution in [3.05, 3.63) is 126 Å². The van der Waals surface area contributed by atoms with Gasteiger partial charge in [0.25, 0.3) is 0 Å². The summed E-state index contributed by atoms with van der Waals surface area (Å²) in [6.07, 6.45) is -2.47. The number of ether oxygens (including phenoxy) is 1. The Kier molecular flexibility index (Phi) is 6.49. The molecule has 6 heteroatoms. The lowest BCUT2D eigenvalue weighted by atomic mass is 9.90. The number of hydrogen-bond donors (Lipinski definition) is 0. The lowest BCUT2D eigenvalue weighted by Gasteiger charge is -2.17. The monoisotopic (exact) mass is 497 g/mol. The van der Waals surface area contributed by atoms with Crippen LogP contribution in [0, 0.1) is 0 Å². The standard InChI is InChI=1S/C31H22F3NO2/c1-37-30(36)24-13-6-11-22(18-24)21-10-5-12-23(17-21)28-25(16-20-8-3-2-4-9-20)19-35-29-26(28)14-7-15-27(29)31(32,33)34/h2-15,17-19H,16H2,1H3. The van der Waals surface area contributed by atoms with Gasteiger partial charge >= 0.3 is 12.1 Å². The Morgan fingerprint density at radius 1 is 0.811 bits per heavy atom. The van der Waals surface area contributed by atoms with Crippen molar-refractivity contribution in [2.45, 2.75) is 12.6 Å². The number of methoxy groups -OCH3 is 1. The van der Waals surface area contributed by atoms with Crippen LogP contribution in [0.1, 0.15) is 27.0 Å². The van der Waals surface area contributed by atoms with Crippen LogP contribution in [0.3, 0.4) is 0 Å². The van der Waals surface area contributed by atoms with E-state index in [9.17, 15) is 18.0 Å². The van der Waals surface area contributed by atoms with Gasteiger partial charge in [-0.05, 0) is 64.1 Å². The van der Waals surface area contributed by atoms with E-state index in [1.165, 1.54) is 13.2 Å². The minimum absolute atomic E-state index is 0.0834. The summed E-state index contributed by atoms with van der Waals surface area (Å²) >= 11 is 0. The minimum Gasteiger partial charge on any atom is -0.465 e. The fourth-order valence-electron chi connectivity index (χ4n) is 4.58. The van der Waals surface area contributed by atoms with E-state index in [-0.39, 0.29) is 5.52 Å². The number of carbonyl (C=O) groups is 1. The maximum atomic E-state index is 13.8. The number of para-hydroxylation sites is 1. The SMILES string of the molecule is COC(=O)c1cccc(-c2cccc(-c3c(Cc4ccccc4)cnc4c(C(F)(F)F)cccc34)c2)c1. The number of halogens is 3. The number of alkyl halides is 3. The van der Waals surface area contributed by atoms with Gasteiger partial charge in [0.15, 0.2) is 0 Å². The van der Waals surface area contributed by atoms with Gasteiger partial charge in [-0.1, -0.05) is 72.8 Å². The number of benzene rings is 4. The summed E-state index contributed by atoms with van der Waals surface area (Å²) in [6.45, 7) is 0. The summed E-state index contributed by atoms with van der Waals surface area (Å²) in [5.74, 6) is -0.442. The Morgan fingerprint density at radius 3 is 2.22 bits per heavy atom. The zero-order valence-electron chi connectivity index (χ0n) is 19.9. The van der Waals surface area contributed by atoms with E-state index < -0.39 is 17.7 Å². The summed E-state index contributed by atoms with van der Waals surface area (Å²) < 4.78 is 46.4. The molecule has 0 amide bonds. The second kappa shape index (κ2) is 9.90. The molecule has 0 aliphatic heterocycles. The van der Waals surface area contributed by atoms with Crippen LogP contribution in [0.25, 0.3) is 33.2 Å². The van der Waals surface area contributed by atoms with Crippen molar-refractivity contribution in [3.63, 3.8) is 0 Å². The Morgan fingerprint density at radius 2 is 1.49 bits per heavy atom. The van der Waals surface area contributed by atoms with Crippen molar-refractivity contribution >= 4 is 16.9 Å². The highest BCUT2D eigenvalue weighted by Gasteiger charge is 2.33. The summed E-state index contributed by atoms with van der Waals surface area (Å²) in [4.78, 5) is 16.3. The molecule has 0 saturated carbocycles. The number of carbonyl (C=O) groups excluding carboxylic acids is 1. The summed E-state index contributed by atoms with van der Waals surface area (Å²) in [7, 11) is 1.33. The van der Waals surface area contributed by atoms with Crippen molar-refractivity contribution in [3.8, 4) is 22.3 Å². The molecular formula is C31H22F3NO2. The second-order valence-corrected chi connectivity index (χ2v) is 8.67. The lowest BCUT2D eigenvalue weighted by molar-refractivity contribution is -0.136. The van der Waals surface area contributed by atoms with Gasteiger partial charge in [0.1, 0.15) is 0 Å².